The third kappa shape index (κ3) is 2.04. The van der Waals surface area contributed by atoms with Gasteiger partial charge in [0.1, 0.15) is 0 Å². The van der Waals surface area contributed by atoms with Gasteiger partial charge in [0, 0.05) is 25.2 Å². The maximum Gasteiger partial charge on any atom is 0.0136 e. The van der Waals surface area contributed by atoms with E-state index in [4.69, 9.17) is 0 Å². The van der Waals surface area contributed by atoms with Gasteiger partial charge in [0.05, 0.1) is 0 Å². The predicted octanol–water partition coefficient (Wildman–Crippen LogP) is 2.59. The van der Waals surface area contributed by atoms with Crippen LogP contribution in [0, 0.1) is 11.8 Å². The van der Waals surface area contributed by atoms with E-state index in [-0.39, 0.29) is 0 Å². The molecule has 2 heteroatoms. The largest absolute Gasteiger partial charge is 0.300 e. The molecule has 3 saturated heterocycles. The standard InChI is InChI=1S/C15H28N2/c1-3-14-12-9-13(10-16(14)4-2)15-7-5-6-8-17(15)11-12/h12-15H,3-11H2,1-2H3/t12?,13?,14-,15?/m1/s1. The molecule has 3 rings (SSSR count). The number of hydrogen-bond acceptors (Lipinski definition) is 2. The molecule has 0 radical (unpaired) electrons. The monoisotopic (exact) mass is 236 g/mol. The smallest absolute Gasteiger partial charge is 0.0136 e. The molecule has 3 aliphatic rings. The second-order valence-electron chi connectivity index (χ2n) is 6.38. The summed E-state index contributed by atoms with van der Waals surface area (Å²) >= 11 is 0. The predicted molar refractivity (Wildman–Crippen MR) is 72.1 cm³/mol. The first-order chi connectivity index (χ1) is 8.33. The summed E-state index contributed by atoms with van der Waals surface area (Å²) < 4.78 is 0. The summed E-state index contributed by atoms with van der Waals surface area (Å²) in [5.41, 5.74) is 0. The molecule has 0 aromatic carbocycles. The fourth-order valence-corrected chi connectivity index (χ4v) is 4.86. The van der Waals surface area contributed by atoms with Crippen LogP contribution in [-0.2, 0) is 0 Å². The van der Waals surface area contributed by atoms with Crippen molar-refractivity contribution in [1.82, 2.24) is 9.80 Å². The van der Waals surface area contributed by atoms with Crippen molar-refractivity contribution in [1.29, 1.82) is 0 Å². The fourth-order valence-electron chi connectivity index (χ4n) is 4.86. The molecular weight excluding hydrogens is 208 g/mol. The zero-order valence-electron chi connectivity index (χ0n) is 11.6. The van der Waals surface area contributed by atoms with Crippen molar-refractivity contribution < 1.29 is 0 Å². The van der Waals surface area contributed by atoms with Gasteiger partial charge in [-0.1, -0.05) is 20.3 Å². The van der Waals surface area contributed by atoms with Gasteiger partial charge in [-0.2, -0.15) is 0 Å². The number of fused-ring (bicyclic) bond motifs is 4. The van der Waals surface area contributed by atoms with E-state index in [9.17, 15) is 0 Å². The molecule has 3 aliphatic heterocycles. The van der Waals surface area contributed by atoms with Crippen LogP contribution in [0.15, 0.2) is 0 Å². The minimum Gasteiger partial charge on any atom is -0.300 e. The van der Waals surface area contributed by atoms with Crippen LogP contribution >= 0.6 is 0 Å². The minimum atomic E-state index is 0.874. The fraction of sp³-hybridized carbons (Fsp3) is 1.00. The Bertz CT molecular complexity index is 254. The molecule has 0 N–H and O–H groups in total. The number of hydrogen-bond donors (Lipinski definition) is 0. The summed E-state index contributed by atoms with van der Waals surface area (Å²) in [4.78, 5) is 5.63. The van der Waals surface area contributed by atoms with Crippen LogP contribution in [-0.4, -0.2) is 48.1 Å². The van der Waals surface area contributed by atoms with E-state index >= 15 is 0 Å². The lowest BCUT2D eigenvalue weighted by Gasteiger charge is -2.55. The molecule has 2 bridgehead atoms. The summed E-state index contributed by atoms with van der Waals surface area (Å²) in [7, 11) is 0. The minimum absolute atomic E-state index is 0.874. The lowest BCUT2D eigenvalue weighted by atomic mass is 9.72. The van der Waals surface area contributed by atoms with Crippen LogP contribution < -0.4 is 0 Å². The molecular formula is C15H28N2. The van der Waals surface area contributed by atoms with Crippen LogP contribution in [0.25, 0.3) is 0 Å². The van der Waals surface area contributed by atoms with Crippen LogP contribution in [0.2, 0.25) is 0 Å². The Kier molecular flexibility index (Phi) is 3.45. The highest BCUT2D eigenvalue weighted by atomic mass is 15.2. The highest BCUT2D eigenvalue weighted by Crippen LogP contribution is 2.40. The quantitative estimate of drug-likeness (QED) is 0.727. The molecule has 17 heavy (non-hydrogen) atoms. The van der Waals surface area contributed by atoms with Gasteiger partial charge in [-0.05, 0) is 50.6 Å². The van der Waals surface area contributed by atoms with Gasteiger partial charge < -0.3 is 4.90 Å². The molecule has 0 amide bonds. The first-order valence-corrected chi connectivity index (χ1v) is 7.81. The molecule has 0 spiro atoms. The van der Waals surface area contributed by atoms with Gasteiger partial charge in [0.15, 0.2) is 0 Å². The third-order valence-corrected chi connectivity index (χ3v) is 5.59. The number of piperidine rings is 3. The SMILES string of the molecule is CC[C@@H]1C2CC(CN1CC)C1CCCCN1C2. The van der Waals surface area contributed by atoms with Crippen molar-refractivity contribution >= 4 is 0 Å². The summed E-state index contributed by atoms with van der Waals surface area (Å²) in [5.74, 6) is 1.95. The Balaban J connectivity index is 1.77. The molecule has 0 aromatic rings. The van der Waals surface area contributed by atoms with E-state index < -0.39 is 0 Å². The summed E-state index contributed by atoms with van der Waals surface area (Å²) in [6.45, 7) is 10.2. The van der Waals surface area contributed by atoms with Crippen molar-refractivity contribution in [3.05, 3.63) is 0 Å². The Morgan fingerprint density at radius 1 is 1.06 bits per heavy atom. The number of rotatable bonds is 2. The Hall–Kier alpha value is -0.0800. The molecule has 0 saturated carbocycles. The molecule has 98 valence electrons. The van der Waals surface area contributed by atoms with Crippen molar-refractivity contribution in [2.24, 2.45) is 11.8 Å². The van der Waals surface area contributed by atoms with E-state index in [0.717, 1.165) is 23.9 Å². The van der Waals surface area contributed by atoms with E-state index in [0.29, 0.717) is 0 Å². The van der Waals surface area contributed by atoms with Gasteiger partial charge in [0.2, 0.25) is 0 Å². The van der Waals surface area contributed by atoms with Crippen molar-refractivity contribution in [2.45, 2.75) is 58.0 Å². The van der Waals surface area contributed by atoms with Gasteiger partial charge in [-0.3, -0.25) is 4.90 Å². The molecule has 3 unspecified atom stereocenters. The topological polar surface area (TPSA) is 6.48 Å². The average molecular weight is 236 g/mol. The van der Waals surface area contributed by atoms with Crippen LogP contribution in [0.3, 0.4) is 0 Å². The number of nitrogens with zero attached hydrogens (tertiary/aromatic N) is 2. The maximum atomic E-state index is 2.85. The Morgan fingerprint density at radius 2 is 1.94 bits per heavy atom. The Labute approximate surface area is 106 Å². The van der Waals surface area contributed by atoms with E-state index in [1.54, 1.807) is 0 Å². The second kappa shape index (κ2) is 4.89. The lowest BCUT2D eigenvalue weighted by Crippen LogP contribution is -2.62. The maximum absolute atomic E-state index is 2.85. The van der Waals surface area contributed by atoms with Crippen LogP contribution in [0.1, 0.15) is 46.0 Å². The lowest BCUT2D eigenvalue weighted by molar-refractivity contribution is -0.0603. The molecule has 2 nitrogen and oxygen atoms in total. The van der Waals surface area contributed by atoms with Gasteiger partial charge >= 0.3 is 0 Å². The van der Waals surface area contributed by atoms with Crippen molar-refractivity contribution in [2.75, 3.05) is 26.2 Å². The number of likely N-dealkylation sites (tertiary alicyclic amines) is 1. The third-order valence-electron chi connectivity index (χ3n) is 5.59. The molecule has 0 aromatic heterocycles. The first-order valence-electron chi connectivity index (χ1n) is 7.81. The summed E-state index contributed by atoms with van der Waals surface area (Å²) in [6, 6.07) is 1.81. The van der Waals surface area contributed by atoms with E-state index in [1.165, 1.54) is 58.3 Å². The molecule has 0 aliphatic carbocycles. The normalized spacial score (nSPS) is 43.4. The van der Waals surface area contributed by atoms with Crippen molar-refractivity contribution in [3.63, 3.8) is 0 Å². The van der Waals surface area contributed by atoms with Crippen LogP contribution in [0.5, 0.6) is 0 Å². The van der Waals surface area contributed by atoms with E-state index in [2.05, 4.69) is 23.6 Å². The summed E-state index contributed by atoms with van der Waals surface area (Å²) in [5, 5.41) is 0. The summed E-state index contributed by atoms with van der Waals surface area (Å²) in [6.07, 6.45) is 7.28. The Morgan fingerprint density at radius 3 is 2.71 bits per heavy atom. The van der Waals surface area contributed by atoms with Crippen molar-refractivity contribution in [3.8, 4) is 0 Å². The van der Waals surface area contributed by atoms with Crippen LogP contribution in [0.4, 0.5) is 0 Å². The molecule has 3 fully saturated rings. The van der Waals surface area contributed by atoms with E-state index in [1.807, 2.05) is 0 Å². The highest BCUT2D eigenvalue weighted by molar-refractivity contribution is 4.99. The first kappa shape index (κ1) is 12.0. The second-order valence-corrected chi connectivity index (χ2v) is 6.38. The molecule has 4 atom stereocenters. The molecule has 3 heterocycles. The van der Waals surface area contributed by atoms with Gasteiger partial charge in [-0.25, -0.2) is 0 Å². The van der Waals surface area contributed by atoms with Gasteiger partial charge in [0.25, 0.3) is 0 Å². The zero-order chi connectivity index (χ0) is 11.8. The average Bonchev–Trinajstić information content (AvgIpc) is 2.38. The van der Waals surface area contributed by atoms with Gasteiger partial charge in [-0.15, -0.1) is 0 Å². The highest BCUT2D eigenvalue weighted by Gasteiger charge is 2.44. The zero-order valence-corrected chi connectivity index (χ0v) is 11.6.